The summed E-state index contributed by atoms with van der Waals surface area (Å²) in [7, 11) is 0.668. The van der Waals surface area contributed by atoms with E-state index < -0.39 is 10.0 Å². The van der Waals surface area contributed by atoms with Gasteiger partial charge in [-0.3, -0.25) is 0 Å². The van der Waals surface area contributed by atoms with Crippen LogP contribution in [0.5, 0.6) is 0 Å². The molecule has 0 atom stereocenters. The van der Waals surface area contributed by atoms with Gasteiger partial charge in [0.2, 0.25) is 10.0 Å². The summed E-state index contributed by atoms with van der Waals surface area (Å²) in [6.45, 7) is 4.47. The van der Waals surface area contributed by atoms with Gasteiger partial charge in [0.25, 0.3) is 0 Å². The number of anilines is 2. The lowest BCUT2D eigenvalue weighted by Crippen LogP contribution is -2.30. The summed E-state index contributed by atoms with van der Waals surface area (Å²) in [5, 5.41) is 3.09. The van der Waals surface area contributed by atoms with Crippen molar-refractivity contribution in [3.8, 4) is 0 Å². The first-order chi connectivity index (χ1) is 9.34. The number of aryl methyl sites for hydroxylation is 1. The van der Waals surface area contributed by atoms with E-state index in [1.165, 1.54) is 0 Å². The van der Waals surface area contributed by atoms with Crippen LogP contribution in [-0.4, -0.2) is 51.3 Å². The zero-order chi connectivity index (χ0) is 15.2. The molecule has 114 valence electrons. The van der Waals surface area contributed by atoms with Crippen molar-refractivity contribution in [2.24, 2.45) is 0 Å². The lowest BCUT2D eigenvalue weighted by atomic mass is 10.4. The number of aromatic nitrogens is 2. The van der Waals surface area contributed by atoms with Gasteiger partial charge in [-0.25, -0.2) is 23.1 Å². The first-order valence-corrected chi connectivity index (χ1v) is 8.23. The molecule has 0 aliphatic carbocycles. The summed E-state index contributed by atoms with van der Waals surface area (Å²) < 4.78 is 25.5. The molecule has 0 saturated heterocycles. The summed E-state index contributed by atoms with van der Waals surface area (Å²) in [6.07, 6.45) is 0.611. The molecular weight excluding hydrogens is 278 g/mol. The van der Waals surface area contributed by atoms with Gasteiger partial charge >= 0.3 is 0 Å². The lowest BCUT2D eigenvalue weighted by molar-refractivity contribution is 0.581. The molecule has 7 nitrogen and oxygen atoms in total. The minimum atomic E-state index is -3.15. The van der Waals surface area contributed by atoms with E-state index in [2.05, 4.69) is 20.0 Å². The van der Waals surface area contributed by atoms with Crippen LogP contribution in [0, 0.1) is 6.92 Å². The van der Waals surface area contributed by atoms with E-state index >= 15 is 0 Å². The molecule has 0 radical (unpaired) electrons. The van der Waals surface area contributed by atoms with Crippen LogP contribution in [-0.2, 0) is 10.0 Å². The highest BCUT2D eigenvalue weighted by atomic mass is 32.2. The van der Waals surface area contributed by atoms with Crippen LogP contribution in [0.3, 0.4) is 0 Å². The van der Waals surface area contributed by atoms with Crippen LogP contribution >= 0.6 is 0 Å². The molecule has 1 heterocycles. The molecule has 0 amide bonds. The molecule has 0 aliphatic rings. The Labute approximate surface area is 120 Å². The number of hydrogen-bond donors (Lipinski definition) is 2. The van der Waals surface area contributed by atoms with Crippen LogP contribution in [0.2, 0.25) is 0 Å². The van der Waals surface area contributed by atoms with Crippen LogP contribution in [0.25, 0.3) is 0 Å². The maximum Gasteiger partial charge on any atom is 0.211 e. The quantitative estimate of drug-likeness (QED) is 0.684. The monoisotopic (exact) mass is 301 g/mol. The van der Waals surface area contributed by atoms with E-state index in [1.807, 2.05) is 38.9 Å². The lowest BCUT2D eigenvalue weighted by Gasteiger charge is -2.14. The highest BCUT2D eigenvalue weighted by Crippen LogP contribution is 2.12. The molecule has 0 bridgehead atoms. The van der Waals surface area contributed by atoms with Crippen LogP contribution in [0.15, 0.2) is 6.07 Å². The molecular formula is C12H23N5O2S. The van der Waals surface area contributed by atoms with Crippen molar-refractivity contribution < 1.29 is 8.42 Å². The zero-order valence-corrected chi connectivity index (χ0v) is 13.3. The van der Waals surface area contributed by atoms with Crippen LogP contribution in [0.4, 0.5) is 11.6 Å². The van der Waals surface area contributed by atoms with Crippen molar-refractivity contribution in [2.75, 3.05) is 43.2 Å². The highest BCUT2D eigenvalue weighted by molar-refractivity contribution is 7.89. The van der Waals surface area contributed by atoms with Crippen molar-refractivity contribution in [3.05, 3.63) is 11.9 Å². The Morgan fingerprint density at radius 3 is 2.55 bits per heavy atom. The Hall–Kier alpha value is -1.41. The maximum atomic E-state index is 11.5. The SMILES string of the molecule is CCCS(=O)(=O)NCCNc1cc(N(C)C)nc(C)n1. The number of rotatable bonds is 8. The van der Waals surface area contributed by atoms with Crippen molar-refractivity contribution >= 4 is 21.7 Å². The summed E-state index contributed by atoms with van der Waals surface area (Å²) in [6, 6.07) is 1.83. The van der Waals surface area contributed by atoms with Crippen molar-refractivity contribution in [3.63, 3.8) is 0 Å². The fourth-order valence-corrected chi connectivity index (χ4v) is 2.70. The molecule has 1 aromatic rings. The molecule has 2 N–H and O–H groups in total. The Bertz CT molecular complexity index is 531. The van der Waals surface area contributed by atoms with Crippen molar-refractivity contribution in [2.45, 2.75) is 20.3 Å². The first-order valence-electron chi connectivity index (χ1n) is 6.58. The second-order valence-electron chi connectivity index (χ2n) is 4.69. The Morgan fingerprint density at radius 2 is 1.95 bits per heavy atom. The van der Waals surface area contributed by atoms with E-state index in [0.717, 1.165) is 5.82 Å². The Balaban J connectivity index is 2.50. The van der Waals surface area contributed by atoms with Crippen molar-refractivity contribution in [1.29, 1.82) is 0 Å². The first kappa shape index (κ1) is 16.6. The summed E-state index contributed by atoms with van der Waals surface area (Å²) in [4.78, 5) is 10.4. The van der Waals surface area contributed by atoms with Gasteiger partial charge in [-0.1, -0.05) is 6.92 Å². The van der Waals surface area contributed by atoms with Crippen LogP contribution in [0.1, 0.15) is 19.2 Å². The Kier molecular flexibility index (Phi) is 6.15. The van der Waals surface area contributed by atoms with E-state index in [4.69, 9.17) is 0 Å². The van der Waals surface area contributed by atoms with E-state index in [1.54, 1.807) is 0 Å². The second kappa shape index (κ2) is 7.39. The number of sulfonamides is 1. The van der Waals surface area contributed by atoms with Crippen LogP contribution < -0.4 is 14.9 Å². The second-order valence-corrected chi connectivity index (χ2v) is 6.62. The third-order valence-electron chi connectivity index (χ3n) is 2.51. The van der Waals surface area contributed by atoms with Gasteiger partial charge in [0, 0.05) is 33.3 Å². The minimum Gasteiger partial charge on any atom is -0.369 e. The van der Waals surface area contributed by atoms with Gasteiger partial charge in [0.15, 0.2) is 0 Å². The summed E-state index contributed by atoms with van der Waals surface area (Å²) in [5.41, 5.74) is 0. The van der Waals surface area contributed by atoms with Gasteiger partial charge in [-0.2, -0.15) is 0 Å². The molecule has 8 heteroatoms. The molecule has 1 rings (SSSR count). The van der Waals surface area contributed by atoms with Gasteiger partial charge in [-0.05, 0) is 13.3 Å². The van der Waals surface area contributed by atoms with Gasteiger partial charge in [-0.15, -0.1) is 0 Å². The summed E-state index contributed by atoms with van der Waals surface area (Å²) >= 11 is 0. The average Bonchev–Trinajstić information content (AvgIpc) is 2.34. The summed E-state index contributed by atoms with van der Waals surface area (Å²) in [5.74, 6) is 2.33. The standard InChI is InChI=1S/C12H23N5O2S/c1-5-8-20(18,19)14-7-6-13-11-9-12(17(3)4)16-10(2)15-11/h9,14H,5-8H2,1-4H3,(H,13,15,16). The predicted octanol–water partition coefficient (Wildman–Crippen LogP) is 0.592. The van der Waals surface area contributed by atoms with Gasteiger partial charge in [0.1, 0.15) is 17.5 Å². The molecule has 0 fully saturated rings. The third kappa shape index (κ3) is 5.70. The van der Waals surface area contributed by atoms with Crippen molar-refractivity contribution in [1.82, 2.24) is 14.7 Å². The molecule has 0 saturated carbocycles. The smallest absolute Gasteiger partial charge is 0.211 e. The number of nitrogens with one attached hydrogen (secondary N) is 2. The van der Waals surface area contributed by atoms with E-state index in [-0.39, 0.29) is 5.75 Å². The molecule has 1 aromatic heterocycles. The topological polar surface area (TPSA) is 87.2 Å². The van der Waals surface area contributed by atoms with Gasteiger partial charge in [0.05, 0.1) is 5.75 Å². The predicted molar refractivity (Wildman–Crippen MR) is 81.7 cm³/mol. The highest BCUT2D eigenvalue weighted by Gasteiger charge is 2.07. The molecule has 0 unspecified atom stereocenters. The average molecular weight is 301 g/mol. The van der Waals surface area contributed by atoms with Gasteiger partial charge < -0.3 is 10.2 Å². The fraction of sp³-hybridized carbons (Fsp3) is 0.667. The number of hydrogen-bond acceptors (Lipinski definition) is 6. The largest absolute Gasteiger partial charge is 0.369 e. The molecule has 0 aromatic carbocycles. The fourth-order valence-electron chi connectivity index (χ4n) is 1.61. The minimum absolute atomic E-state index is 0.157. The third-order valence-corrected chi connectivity index (χ3v) is 4.10. The Morgan fingerprint density at radius 1 is 1.25 bits per heavy atom. The number of nitrogens with zero attached hydrogens (tertiary/aromatic N) is 3. The van der Waals surface area contributed by atoms with E-state index in [0.29, 0.717) is 31.2 Å². The molecule has 0 spiro atoms. The van der Waals surface area contributed by atoms with E-state index in [9.17, 15) is 8.42 Å². The zero-order valence-electron chi connectivity index (χ0n) is 12.5. The molecule has 0 aliphatic heterocycles. The molecule has 20 heavy (non-hydrogen) atoms. The maximum absolute atomic E-state index is 11.5. The normalized spacial score (nSPS) is 11.4.